The van der Waals surface area contributed by atoms with E-state index in [1.165, 1.54) is 6.07 Å². The molecular formula is C30H27Cl2FN4O2S. The van der Waals surface area contributed by atoms with Crippen LogP contribution < -0.4 is 10.2 Å². The van der Waals surface area contributed by atoms with E-state index in [2.05, 4.69) is 14.8 Å². The van der Waals surface area contributed by atoms with Gasteiger partial charge in [0, 0.05) is 35.8 Å². The SMILES string of the molecule is C[S+]([O-])c1ccc2c(c1)nc1n2CC[C@H]2[C@@H]1[C@H](c1cccc(Cl)c1F)C(=O)Nc1cc(Cl)ccc1N2CC1CC1. The number of fused-ring (bicyclic) bond motifs is 6. The van der Waals surface area contributed by atoms with Crippen LogP contribution in [0.15, 0.2) is 59.5 Å². The number of imidazole rings is 1. The molecule has 10 heteroatoms. The van der Waals surface area contributed by atoms with Gasteiger partial charge >= 0.3 is 0 Å². The molecule has 6 nitrogen and oxygen atoms in total. The molecule has 0 radical (unpaired) electrons. The number of rotatable bonds is 4. The summed E-state index contributed by atoms with van der Waals surface area (Å²) in [7, 11) is 0. The number of aromatic nitrogens is 2. The van der Waals surface area contributed by atoms with E-state index in [4.69, 9.17) is 28.2 Å². The zero-order valence-electron chi connectivity index (χ0n) is 21.7. The molecule has 3 aromatic carbocycles. The van der Waals surface area contributed by atoms with Gasteiger partial charge in [0.05, 0.1) is 39.3 Å². The summed E-state index contributed by atoms with van der Waals surface area (Å²) in [6, 6.07) is 15.9. The largest absolute Gasteiger partial charge is 0.612 e. The Morgan fingerprint density at radius 2 is 1.95 bits per heavy atom. The molecule has 1 aliphatic carbocycles. The summed E-state index contributed by atoms with van der Waals surface area (Å²) >= 11 is 11.5. The van der Waals surface area contributed by atoms with Crippen LogP contribution in [0.5, 0.6) is 0 Å². The number of nitrogens with zero attached hydrogens (tertiary/aromatic N) is 3. The predicted octanol–water partition coefficient (Wildman–Crippen LogP) is 6.73. The first-order valence-corrected chi connectivity index (χ1v) is 15.8. The molecule has 3 heterocycles. The normalized spacial score (nSPS) is 23.1. The number of amides is 1. The zero-order chi connectivity index (χ0) is 27.7. The van der Waals surface area contributed by atoms with Crippen molar-refractivity contribution in [1.29, 1.82) is 0 Å². The molecule has 1 saturated carbocycles. The van der Waals surface area contributed by atoms with Crippen molar-refractivity contribution >= 4 is 62.7 Å². The Hall–Kier alpha value is -2.78. The Morgan fingerprint density at radius 1 is 1.12 bits per heavy atom. The minimum absolute atomic E-state index is 0.0263. The van der Waals surface area contributed by atoms with Crippen molar-refractivity contribution in [2.75, 3.05) is 23.0 Å². The van der Waals surface area contributed by atoms with Crippen LogP contribution in [0.3, 0.4) is 0 Å². The van der Waals surface area contributed by atoms with Crippen LogP contribution >= 0.6 is 23.2 Å². The number of benzene rings is 3. The number of halogens is 3. The fraction of sp³-hybridized carbons (Fsp3) is 0.333. The van der Waals surface area contributed by atoms with Gasteiger partial charge in [0.15, 0.2) is 4.90 Å². The smallest absolute Gasteiger partial charge is 0.232 e. The molecule has 0 spiro atoms. The Labute approximate surface area is 244 Å². The van der Waals surface area contributed by atoms with Crippen molar-refractivity contribution in [2.45, 2.75) is 48.6 Å². The molecular weight excluding hydrogens is 570 g/mol. The number of aryl methyl sites for hydroxylation is 1. The van der Waals surface area contributed by atoms with E-state index >= 15 is 4.39 Å². The van der Waals surface area contributed by atoms with Crippen molar-refractivity contribution < 1.29 is 13.7 Å². The maximum absolute atomic E-state index is 15.7. The summed E-state index contributed by atoms with van der Waals surface area (Å²) in [6.07, 6.45) is 4.70. The Bertz CT molecular complexity index is 1660. The zero-order valence-corrected chi connectivity index (χ0v) is 24.1. The molecule has 4 atom stereocenters. The van der Waals surface area contributed by atoms with Crippen molar-refractivity contribution in [1.82, 2.24) is 9.55 Å². The van der Waals surface area contributed by atoms with Crippen molar-refractivity contribution in [3.05, 3.63) is 81.8 Å². The van der Waals surface area contributed by atoms with Gasteiger partial charge in [-0.05, 0) is 72.8 Å². The lowest BCUT2D eigenvalue weighted by Crippen LogP contribution is -2.50. The second kappa shape index (κ2) is 9.94. The summed E-state index contributed by atoms with van der Waals surface area (Å²) < 4.78 is 30.1. The Morgan fingerprint density at radius 3 is 2.73 bits per heavy atom. The lowest BCUT2D eigenvalue weighted by molar-refractivity contribution is -0.118. The summed E-state index contributed by atoms with van der Waals surface area (Å²) in [5.74, 6) is -1.01. The average molecular weight is 598 g/mol. The minimum atomic E-state index is -1.16. The number of anilines is 2. The fourth-order valence-electron chi connectivity index (χ4n) is 6.45. The number of carbonyl (C=O) groups is 1. The lowest BCUT2D eigenvalue weighted by atomic mass is 9.75. The molecule has 0 saturated heterocycles. The molecule has 7 rings (SSSR count). The third kappa shape index (κ3) is 4.36. The Kier molecular flexibility index (Phi) is 6.50. The van der Waals surface area contributed by atoms with Gasteiger partial charge in [0.1, 0.15) is 17.9 Å². The van der Waals surface area contributed by atoms with Crippen LogP contribution in [-0.2, 0) is 22.5 Å². The first-order valence-electron chi connectivity index (χ1n) is 13.4. The molecule has 3 aliphatic rings. The van der Waals surface area contributed by atoms with Gasteiger partial charge in [-0.3, -0.25) is 4.79 Å². The van der Waals surface area contributed by atoms with E-state index in [-0.39, 0.29) is 22.5 Å². The average Bonchev–Trinajstić information content (AvgIpc) is 3.67. The maximum atomic E-state index is 15.7. The number of hydrogen-bond acceptors (Lipinski definition) is 4. The highest BCUT2D eigenvalue weighted by atomic mass is 35.5. The highest BCUT2D eigenvalue weighted by Crippen LogP contribution is 2.49. The molecule has 4 aromatic rings. The summed E-state index contributed by atoms with van der Waals surface area (Å²) in [6.45, 7) is 1.52. The van der Waals surface area contributed by atoms with Crippen LogP contribution in [0.1, 0.15) is 42.5 Å². The van der Waals surface area contributed by atoms with Gasteiger partial charge in [0.2, 0.25) is 5.91 Å². The van der Waals surface area contributed by atoms with Gasteiger partial charge in [-0.1, -0.05) is 35.3 Å². The van der Waals surface area contributed by atoms with Gasteiger partial charge in [-0.2, -0.15) is 0 Å². The van der Waals surface area contributed by atoms with Gasteiger partial charge in [-0.25, -0.2) is 9.37 Å². The highest BCUT2D eigenvalue weighted by Gasteiger charge is 2.48. The molecule has 206 valence electrons. The van der Waals surface area contributed by atoms with Crippen molar-refractivity contribution in [3.8, 4) is 0 Å². The summed E-state index contributed by atoms with van der Waals surface area (Å²) in [4.78, 5) is 22.3. The number of hydrogen-bond donors (Lipinski definition) is 1. The van der Waals surface area contributed by atoms with E-state index in [1.807, 2.05) is 30.3 Å². The van der Waals surface area contributed by atoms with Crippen LogP contribution in [0.25, 0.3) is 11.0 Å². The maximum Gasteiger partial charge on any atom is 0.232 e. The van der Waals surface area contributed by atoms with E-state index in [9.17, 15) is 9.35 Å². The fourth-order valence-corrected chi connectivity index (χ4v) is 7.34. The van der Waals surface area contributed by atoms with Crippen molar-refractivity contribution in [2.24, 2.45) is 5.92 Å². The second-order valence-electron chi connectivity index (χ2n) is 11.0. The van der Waals surface area contributed by atoms with Crippen LogP contribution in [0.2, 0.25) is 10.0 Å². The summed E-state index contributed by atoms with van der Waals surface area (Å²) in [5.41, 5.74) is 3.41. The molecule has 1 N–H and O–H groups in total. The van der Waals surface area contributed by atoms with Gasteiger partial charge in [-0.15, -0.1) is 0 Å². The quantitative estimate of drug-likeness (QED) is 0.265. The predicted molar refractivity (Wildman–Crippen MR) is 158 cm³/mol. The standard InChI is InChI=1S/C30H27Cl2FN4O2S/c1-40(39)18-8-10-23-22(14-18)34-29-27-25(11-12-36(23)29)37(15-16-5-6-16)24-9-7-17(31)13-21(24)35-30(38)26(27)19-3-2-4-20(32)28(19)33/h2-4,7-10,13-14,16,25-27H,5-6,11-12,15H2,1H3,(H,35,38)/t25-,26-,27+,40?/m0/s1. The molecule has 40 heavy (non-hydrogen) atoms. The van der Waals surface area contributed by atoms with E-state index in [0.29, 0.717) is 28.1 Å². The molecule has 0 bridgehead atoms. The number of carbonyl (C=O) groups excluding carboxylic acids is 1. The number of nitrogens with one attached hydrogen (secondary N) is 1. The topological polar surface area (TPSA) is 73.2 Å². The second-order valence-corrected chi connectivity index (χ2v) is 13.2. The minimum Gasteiger partial charge on any atom is -0.612 e. The molecule has 1 fully saturated rings. The molecule has 2 aliphatic heterocycles. The van der Waals surface area contributed by atoms with Gasteiger partial charge < -0.3 is 19.3 Å². The van der Waals surface area contributed by atoms with Gasteiger partial charge in [0.25, 0.3) is 0 Å². The Balaban J connectivity index is 1.48. The van der Waals surface area contributed by atoms with Crippen molar-refractivity contribution in [3.63, 3.8) is 0 Å². The van der Waals surface area contributed by atoms with E-state index in [1.54, 1.807) is 24.5 Å². The van der Waals surface area contributed by atoms with Crippen LogP contribution in [-0.4, -0.2) is 38.9 Å². The lowest BCUT2D eigenvalue weighted by Gasteiger charge is -2.46. The first-order chi connectivity index (χ1) is 19.3. The van der Waals surface area contributed by atoms with Crippen LogP contribution in [0, 0.1) is 11.7 Å². The third-order valence-electron chi connectivity index (χ3n) is 8.48. The molecule has 1 aromatic heterocycles. The molecule has 1 unspecified atom stereocenters. The van der Waals surface area contributed by atoms with Crippen LogP contribution in [0.4, 0.5) is 15.8 Å². The molecule has 1 amide bonds. The third-order valence-corrected chi connectivity index (χ3v) is 9.92. The van der Waals surface area contributed by atoms with E-state index < -0.39 is 28.8 Å². The summed E-state index contributed by atoms with van der Waals surface area (Å²) in [5, 5.41) is 3.58. The highest BCUT2D eigenvalue weighted by molar-refractivity contribution is 7.90. The monoisotopic (exact) mass is 596 g/mol. The van der Waals surface area contributed by atoms with E-state index in [0.717, 1.165) is 48.4 Å². The first kappa shape index (κ1) is 26.1.